The fourth-order valence-electron chi connectivity index (χ4n) is 1.89. The van der Waals surface area contributed by atoms with Crippen LogP contribution >= 0.6 is 11.6 Å². The fraction of sp³-hybridized carbons (Fsp3) is 0. The van der Waals surface area contributed by atoms with Gasteiger partial charge in [-0.2, -0.15) is 0 Å². The summed E-state index contributed by atoms with van der Waals surface area (Å²) in [5, 5.41) is 5.21. The van der Waals surface area contributed by atoms with Crippen molar-refractivity contribution in [2.24, 2.45) is 0 Å². The number of pyridine rings is 1. The first-order valence-corrected chi connectivity index (χ1v) is 6.07. The molecule has 88 valence electrons. The van der Waals surface area contributed by atoms with Gasteiger partial charge in [-0.1, -0.05) is 29.8 Å². The lowest BCUT2D eigenvalue weighted by atomic mass is 10.2. The lowest BCUT2D eigenvalue weighted by Crippen LogP contribution is -1.92. The second-order valence-corrected chi connectivity index (χ2v) is 4.45. The molecule has 3 aromatic rings. The number of halogens is 1. The molecule has 0 fully saturated rings. The predicted molar refractivity (Wildman–Crippen MR) is 76.5 cm³/mol. The molecule has 3 heteroatoms. The SMILES string of the molecule is Clc1ccc(Nc2cccc3cccnc23)cc1. The van der Waals surface area contributed by atoms with Crippen molar-refractivity contribution in [1.29, 1.82) is 0 Å². The molecule has 0 aliphatic heterocycles. The van der Waals surface area contributed by atoms with Crippen LogP contribution < -0.4 is 5.32 Å². The van der Waals surface area contributed by atoms with Crippen LogP contribution in [0.3, 0.4) is 0 Å². The van der Waals surface area contributed by atoms with E-state index >= 15 is 0 Å². The highest BCUT2D eigenvalue weighted by atomic mass is 35.5. The number of aromatic nitrogens is 1. The van der Waals surface area contributed by atoms with Crippen molar-refractivity contribution in [2.45, 2.75) is 0 Å². The van der Waals surface area contributed by atoms with Crippen LogP contribution in [0.2, 0.25) is 5.02 Å². The van der Waals surface area contributed by atoms with E-state index in [-0.39, 0.29) is 0 Å². The molecular formula is C15H11ClN2. The summed E-state index contributed by atoms with van der Waals surface area (Å²) < 4.78 is 0. The smallest absolute Gasteiger partial charge is 0.0936 e. The molecule has 0 spiro atoms. The van der Waals surface area contributed by atoms with Crippen molar-refractivity contribution in [3.05, 3.63) is 65.8 Å². The monoisotopic (exact) mass is 254 g/mol. The van der Waals surface area contributed by atoms with E-state index in [1.807, 2.05) is 42.5 Å². The number of rotatable bonds is 2. The Morgan fingerprint density at radius 2 is 1.67 bits per heavy atom. The van der Waals surface area contributed by atoms with E-state index < -0.39 is 0 Å². The molecule has 0 saturated heterocycles. The minimum absolute atomic E-state index is 0.733. The van der Waals surface area contributed by atoms with Crippen molar-refractivity contribution in [2.75, 3.05) is 5.32 Å². The predicted octanol–water partition coefficient (Wildman–Crippen LogP) is 4.63. The van der Waals surface area contributed by atoms with E-state index in [0.29, 0.717) is 0 Å². The van der Waals surface area contributed by atoms with Crippen molar-refractivity contribution < 1.29 is 0 Å². The summed E-state index contributed by atoms with van der Waals surface area (Å²) in [5.74, 6) is 0. The average Bonchev–Trinajstić information content (AvgIpc) is 2.42. The summed E-state index contributed by atoms with van der Waals surface area (Å²) >= 11 is 5.87. The summed E-state index contributed by atoms with van der Waals surface area (Å²) in [6.45, 7) is 0. The van der Waals surface area contributed by atoms with Gasteiger partial charge in [-0.15, -0.1) is 0 Å². The number of nitrogens with zero attached hydrogens (tertiary/aromatic N) is 1. The van der Waals surface area contributed by atoms with Crippen LogP contribution in [0.1, 0.15) is 0 Å². The van der Waals surface area contributed by atoms with Gasteiger partial charge in [0.2, 0.25) is 0 Å². The van der Waals surface area contributed by atoms with Gasteiger partial charge in [-0.05, 0) is 36.4 Å². The van der Waals surface area contributed by atoms with Crippen LogP contribution in [0.5, 0.6) is 0 Å². The summed E-state index contributed by atoms with van der Waals surface area (Å²) in [6.07, 6.45) is 1.80. The van der Waals surface area contributed by atoms with Crippen molar-refractivity contribution in [1.82, 2.24) is 4.98 Å². The number of hydrogen-bond acceptors (Lipinski definition) is 2. The molecule has 3 rings (SSSR count). The molecule has 2 nitrogen and oxygen atoms in total. The highest BCUT2D eigenvalue weighted by molar-refractivity contribution is 6.30. The Morgan fingerprint density at radius 3 is 2.50 bits per heavy atom. The van der Waals surface area contributed by atoms with Crippen LogP contribution in [0.4, 0.5) is 11.4 Å². The summed E-state index contributed by atoms with van der Waals surface area (Å²) in [4.78, 5) is 4.41. The maximum atomic E-state index is 5.87. The van der Waals surface area contributed by atoms with E-state index in [1.54, 1.807) is 6.20 Å². The van der Waals surface area contributed by atoms with E-state index in [9.17, 15) is 0 Å². The van der Waals surface area contributed by atoms with Crippen LogP contribution in [0, 0.1) is 0 Å². The third-order valence-electron chi connectivity index (χ3n) is 2.76. The Balaban J connectivity index is 2.02. The maximum Gasteiger partial charge on any atom is 0.0936 e. The minimum atomic E-state index is 0.733. The number of anilines is 2. The van der Waals surface area contributed by atoms with Crippen molar-refractivity contribution in [3.63, 3.8) is 0 Å². The van der Waals surface area contributed by atoms with E-state index in [0.717, 1.165) is 27.3 Å². The van der Waals surface area contributed by atoms with Crippen LogP contribution in [0.25, 0.3) is 10.9 Å². The molecule has 0 unspecified atom stereocenters. The van der Waals surface area contributed by atoms with E-state index in [4.69, 9.17) is 11.6 Å². The van der Waals surface area contributed by atoms with Crippen LogP contribution in [0.15, 0.2) is 60.8 Å². The highest BCUT2D eigenvalue weighted by Crippen LogP contribution is 2.25. The minimum Gasteiger partial charge on any atom is -0.354 e. The zero-order valence-corrected chi connectivity index (χ0v) is 10.4. The molecule has 0 aliphatic rings. The molecule has 1 aromatic heterocycles. The third kappa shape index (κ3) is 2.15. The summed E-state index contributed by atoms with van der Waals surface area (Å²) in [5.41, 5.74) is 2.96. The molecule has 18 heavy (non-hydrogen) atoms. The molecule has 1 heterocycles. The largest absolute Gasteiger partial charge is 0.354 e. The first-order valence-electron chi connectivity index (χ1n) is 5.69. The average molecular weight is 255 g/mol. The van der Waals surface area contributed by atoms with Gasteiger partial charge in [-0.25, -0.2) is 0 Å². The maximum absolute atomic E-state index is 5.87. The lowest BCUT2D eigenvalue weighted by Gasteiger charge is -2.08. The molecule has 0 atom stereocenters. The van der Waals surface area contributed by atoms with Gasteiger partial charge in [0, 0.05) is 22.3 Å². The Hall–Kier alpha value is -2.06. The topological polar surface area (TPSA) is 24.9 Å². The highest BCUT2D eigenvalue weighted by Gasteiger charge is 2.01. The van der Waals surface area contributed by atoms with E-state index in [2.05, 4.69) is 22.4 Å². The van der Waals surface area contributed by atoms with Gasteiger partial charge >= 0.3 is 0 Å². The molecule has 0 radical (unpaired) electrons. The first kappa shape index (κ1) is 11.1. The molecule has 0 bridgehead atoms. The summed E-state index contributed by atoms with van der Waals surface area (Å²) in [7, 11) is 0. The summed E-state index contributed by atoms with van der Waals surface area (Å²) in [6, 6.07) is 17.7. The van der Waals surface area contributed by atoms with Gasteiger partial charge < -0.3 is 5.32 Å². The Kier molecular flexibility index (Phi) is 2.87. The Morgan fingerprint density at radius 1 is 0.889 bits per heavy atom. The van der Waals surface area contributed by atoms with Gasteiger partial charge in [0.05, 0.1) is 11.2 Å². The van der Waals surface area contributed by atoms with Gasteiger partial charge in [0.15, 0.2) is 0 Å². The van der Waals surface area contributed by atoms with Crippen LogP contribution in [-0.2, 0) is 0 Å². The van der Waals surface area contributed by atoms with Crippen molar-refractivity contribution in [3.8, 4) is 0 Å². The van der Waals surface area contributed by atoms with Gasteiger partial charge in [0.1, 0.15) is 0 Å². The standard InChI is InChI=1S/C15H11ClN2/c16-12-6-8-13(9-7-12)18-14-5-1-3-11-4-2-10-17-15(11)14/h1-10,18H. The molecule has 0 saturated carbocycles. The Bertz CT molecular complexity index is 672. The zero-order chi connectivity index (χ0) is 12.4. The molecule has 0 aliphatic carbocycles. The second kappa shape index (κ2) is 4.67. The Labute approximate surface area is 110 Å². The number of para-hydroxylation sites is 1. The van der Waals surface area contributed by atoms with Crippen LogP contribution in [-0.4, -0.2) is 4.98 Å². The molecule has 0 amide bonds. The van der Waals surface area contributed by atoms with Crippen molar-refractivity contribution >= 4 is 33.9 Å². The number of hydrogen-bond donors (Lipinski definition) is 1. The van der Waals surface area contributed by atoms with E-state index in [1.165, 1.54) is 0 Å². The van der Waals surface area contributed by atoms with Gasteiger partial charge in [0.25, 0.3) is 0 Å². The second-order valence-electron chi connectivity index (χ2n) is 4.01. The normalized spacial score (nSPS) is 10.5. The molecule has 1 N–H and O–H groups in total. The third-order valence-corrected chi connectivity index (χ3v) is 3.01. The number of fused-ring (bicyclic) bond motifs is 1. The quantitative estimate of drug-likeness (QED) is 0.721. The zero-order valence-electron chi connectivity index (χ0n) is 9.60. The fourth-order valence-corrected chi connectivity index (χ4v) is 2.02. The lowest BCUT2D eigenvalue weighted by molar-refractivity contribution is 1.40. The molecule has 2 aromatic carbocycles. The first-order chi connectivity index (χ1) is 8.83. The van der Waals surface area contributed by atoms with Gasteiger partial charge in [-0.3, -0.25) is 4.98 Å². The molecular weight excluding hydrogens is 244 g/mol. The number of benzene rings is 2. The number of nitrogens with one attached hydrogen (secondary N) is 1.